The summed E-state index contributed by atoms with van der Waals surface area (Å²) in [4.78, 5) is 26.9. The number of carbonyl (C=O) groups is 2. The third kappa shape index (κ3) is 5.00. The number of ketones is 1. The molecule has 1 saturated heterocycles. The van der Waals surface area contributed by atoms with Gasteiger partial charge in [0.05, 0.1) is 6.10 Å². The maximum Gasteiger partial charge on any atom is 0.291 e. The standard InChI is InChI=1S/C18H31NO3S/c1-6-13(7-2)22-17(23)14-11-9-10-12-19(14)16(21)15(20)18(4,5)8-3/h13-14H,6-12H2,1-5H3. The Morgan fingerprint density at radius 1 is 1.22 bits per heavy atom. The van der Waals surface area contributed by atoms with Gasteiger partial charge in [-0.3, -0.25) is 9.59 Å². The molecule has 4 nitrogen and oxygen atoms in total. The van der Waals surface area contributed by atoms with E-state index >= 15 is 0 Å². The van der Waals surface area contributed by atoms with Crippen molar-refractivity contribution < 1.29 is 14.3 Å². The second-order valence-corrected chi connectivity index (χ2v) is 7.35. The maximum absolute atomic E-state index is 12.7. The Balaban J connectivity index is 2.88. The zero-order valence-electron chi connectivity index (χ0n) is 15.2. The highest BCUT2D eigenvalue weighted by atomic mass is 32.1. The van der Waals surface area contributed by atoms with Crippen LogP contribution < -0.4 is 0 Å². The van der Waals surface area contributed by atoms with Gasteiger partial charge in [0, 0.05) is 12.0 Å². The van der Waals surface area contributed by atoms with E-state index in [1.165, 1.54) is 0 Å². The average Bonchev–Trinajstić information content (AvgIpc) is 2.57. The molecule has 1 fully saturated rings. The van der Waals surface area contributed by atoms with Gasteiger partial charge in [-0.25, -0.2) is 0 Å². The molecule has 0 saturated carbocycles. The SMILES string of the molecule is CCC(CC)OC(=S)C1CCCCN1C(=O)C(=O)C(C)(C)CC. The minimum atomic E-state index is -0.628. The predicted octanol–water partition coefficient (Wildman–Crippen LogP) is 3.91. The third-order valence-electron chi connectivity index (χ3n) is 4.92. The fourth-order valence-electron chi connectivity index (χ4n) is 2.70. The highest BCUT2D eigenvalue weighted by Gasteiger charge is 2.39. The number of nitrogens with zero attached hydrogens (tertiary/aromatic N) is 1. The maximum atomic E-state index is 12.7. The molecule has 1 amide bonds. The molecule has 0 bridgehead atoms. The van der Waals surface area contributed by atoms with Gasteiger partial charge < -0.3 is 9.64 Å². The summed E-state index contributed by atoms with van der Waals surface area (Å²) in [7, 11) is 0. The first kappa shape index (κ1) is 20.1. The summed E-state index contributed by atoms with van der Waals surface area (Å²) < 4.78 is 5.89. The van der Waals surface area contributed by atoms with Gasteiger partial charge in [-0.2, -0.15) is 0 Å². The fourth-order valence-corrected chi connectivity index (χ4v) is 3.08. The number of thiocarbonyl (C=S) groups is 1. The monoisotopic (exact) mass is 341 g/mol. The van der Waals surface area contributed by atoms with Gasteiger partial charge in [0.15, 0.2) is 5.05 Å². The number of hydrogen-bond donors (Lipinski definition) is 0. The number of likely N-dealkylation sites (tertiary alicyclic amines) is 1. The molecular weight excluding hydrogens is 310 g/mol. The Morgan fingerprint density at radius 3 is 2.35 bits per heavy atom. The summed E-state index contributed by atoms with van der Waals surface area (Å²) in [5.41, 5.74) is -0.628. The van der Waals surface area contributed by atoms with E-state index in [1.54, 1.807) is 4.90 Å². The number of piperidine rings is 1. The Labute approximate surface area is 145 Å². The van der Waals surface area contributed by atoms with E-state index in [9.17, 15) is 9.59 Å². The molecule has 1 unspecified atom stereocenters. The van der Waals surface area contributed by atoms with Gasteiger partial charge in [0.1, 0.15) is 6.04 Å². The molecule has 1 rings (SSSR count). The summed E-state index contributed by atoms with van der Waals surface area (Å²) in [6.07, 6.45) is 5.21. The van der Waals surface area contributed by atoms with Crippen molar-refractivity contribution in [1.82, 2.24) is 4.90 Å². The van der Waals surface area contributed by atoms with Crippen molar-refractivity contribution >= 4 is 29.0 Å². The third-order valence-corrected chi connectivity index (χ3v) is 5.29. The Morgan fingerprint density at radius 2 is 1.83 bits per heavy atom. The molecule has 0 N–H and O–H groups in total. The second-order valence-electron chi connectivity index (χ2n) is 6.95. The van der Waals surface area contributed by atoms with Crippen LogP contribution in [-0.2, 0) is 14.3 Å². The average molecular weight is 342 g/mol. The van der Waals surface area contributed by atoms with E-state index in [0.717, 1.165) is 32.1 Å². The molecule has 1 heterocycles. The van der Waals surface area contributed by atoms with Crippen LogP contribution in [0.25, 0.3) is 0 Å². The molecule has 0 aromatic rings. The quantitative estimate of drug-likeness (QED) is 0.520. The van der Waals surface area contributed by atoms with E-state index in [-0.39, 0.29) is 17.9 Å². The van der Waals surface area contributed by atoms with Crippen LogP contribution in [-0.4, -0.2) is 40.3 Å². The van der Waals surface area contributed by atoms with Gasteiger partial charge in [-0.15, -0.1) is 0 Å². The molecule has 1 aliphatic heterocycles. The predicted molar refractivity (Wildman–Crippen MR) is 96.5 cm³/mol. The van der Waals surface area contributed by atoms with Crippen LogP contribution in [0.2, 0.25) is 0 Å². The number of carbonyl (C=O) groups excluding carboxylic acids is 2. The largest absolute Gasteiger partial charge is 0.482 e. The molecule has 132 valence electrons. The number of amides is 1. The van der Waals surface area contributed by atoms with Crippen molar-refractivity contribution in [2.75, 3.05) is 6.54 Å². The number of Topliss-reactive ketones (excluding diaryl/α,β-unsaturated/α-hetero) is 1. The summed E-state index contributed by atoms with van der Waals surface area (Å²) >= 11 is 5.46. The van der Waals surface area contributed by atoms with Crippen molar-refractivity contribution in [3.63, 3.8) is 0 Å². The van der Waals surface area contributed by atoms with Crippen molar-refractivity contribution in [2.24, 2.45) is 5.41 Å². The lowest BCUT2D eigenvalue weighted by Gasteiger charge is -2.37. The summed E-state index contributed by atoms with van der Waals surface area (Å²) in [6.45, 7) is 10.3. The molecule has 0 aliphatic carbocycles. The minimum absolute atomic E-state index is 0.0872. The molecular formula is C18H31NO3S. The number of ether oxygens (including phenoxy) is 1. The van der Waals surface area contributed by atoms with Crippen LogP contribution >= 0.6 is 12.2 Å². The highest BCUT2D eigenvalue weighted by Crippen LogP contribution is 2.26. The zero-order chi connectivity index (χ0) is 17.6. The molecule has 1 atom stereocenters. The van der Waals surface area contributed by atoms with Gasteiger partial charge in [0.25, 0.3) is 5.91 Å². The van der Waals surface area contributed by atoms with Crippen molar-refractivity contribution in [1.29, 1.82) is 0 Å². The molecule has 0 aromatic heterocycles. The zero-order valence-corrected chi connectivity index (χ0v) is 16.0. The van der Waals surface area contributed by atoms with Crippen LogP contribution in [0.3, 0.4) is 0 Å². The van der Waals surface area contributed by atoms with Gasteiger partial charge in [-0.1, -0.05) is 34.6 Å². The van der Waals surface area contributed by atoms with Gasteiger partial charge >= 0.3 is 0 Å². The molecule has 0 radical (unpaired) electrons. The first-order valence-corrected chi connectivity index (χ1v) is 9.25. The first-order valence-electron chi connectivity index (χ1n) is 8.84. The van der Waals surface area contributed by atoms with E-state index < -0.39 is 11.3 Å². The van der Waals surface area contributed by atoms with Crippen molar-refractivity contribution in [3.05, 3.63) is 0 Å². The molecule has 0 spiro atoms. The van der Waals surface area contributed by atoms with E-state index in [2.05, 4.69) is 13.8 Å². The molecule has 23 heavy (non-hydrogen) atoms. The number of rotatable bonds is 7. The summed E-state index contributed by atoms with van der Waals surface area (Å²) in [6, 6.07) is -0.247. The smallest absolute Gasteiger partial charge is 0.291 e. The minimum Gasteiger partial charge on any atom is -0.482 e. The van der Waals surface area contributed by atoms with E-state index in [4.69, 9.17) is 17.0 Å². The van der Waals surface area contributed by atoms with E-state index in [1.807, 2.05) is 20.8 Å². The number of hydrogen-bond acceptors (Lipinski definition) is 4. The highest BCUT2D eigenvalue weighted by molar-refractivity contribution is 7.80. The van der Waals surface area contributed by atoms with Gasteiger partial charge in [0.2, 0.25) is 5.78 Å². The van der Waals surface area contributed by atoms with Crippen LogP contribution in [0.4, 0.5) is 0 Å². The van der Waals surface area contributed by atoms with Crippen LogP contribution in [0.1, 0.15) is 73.1 Å². The molecule has 5 heteroatoms. The van der Waals surface area contributed by atoms with Crippen LogP contribution in [0.5, 0.6) is 0 Å². The van der Waals surface area contributed by atoms with Crippen LogP contribution in [0, 0.1) is 5.41 Å². The first-order chi connectivity index (χ1) is 10.8. The molecule has 0 aromatic carbocycles. The lowest BCUT2D eigenvalue weighted by Crippen LogP contribution is -2.53. The Bertz CT molecular complexity index is 444. The Hall–Kier alpha value is -0.970. The fraction of sp³-hybridized carbons (Fsp3) is 0.833. The van der Waals surface area contributed by atoms with Gasteiger partial charge in [-0.05, 0) is 50.7 Å². The van der Waals surface area contributed by atoms with Crippen molar-refractivity contribution in [3.8, 4) is 0 Å². The van der Waals surface area contributed by atoms with E-state index in [0.29, 0.717) is 18.0 Å². The summed E-state index contributed by atoms with van der Waals surface area (Å²) in [5, 5.41) is 0.467. The molecule has 1 aliphatic rings. The van der Waals surface area contributed by atoms with Crippen LogP contribution in [0.15, 0.2) is 0 Å². The summed E-state index contributed by atoms with van der Waals surface area (Å²) in [5.74, 6) is -0.728. The second kappa shape index (κ2) is 8.76. The van der Waals surface area contributed by atoms with Crippen molar-refractivity contribution in [2.45, 2.75) is 85.3 Å². The lowest BCUT2D eigenvalue weighted by molar-refractivity contribution is -0.150. The Kier molecular flexibility index (Phi) is 7.65. The topological polar surface area (TPSA) is 46.6 Å². The normalized spacial score (nSPS) is 18.9. The lowest BCUT2D eigenvalue weighted by atomic mass is 9.84.